The summed E-state index contributed by atoms with van der Waals surface area (Å²) in [6.07, 6.45) is 0. The van der Waals surface area contributed by atoms with E-state index in [0.717, 1.165) is 10.2 Å². The van der Waals surface area contributed by atoms with E-state index in [4.69, 9.17) is 0 Å². The highest BCUT2D eigenvalue weighted by molar-refractivity contribution is 7.17. The molecule has 0 aliphatic heterocycles. The Morgan fingerprint density at radius 2 is 2.40 bits per heavy atom. The first-order valence-electron chi connectivity index (χ1n) is 3.01. The van der Waals surface area contributed by atoms with Crippen LogP contribution in [0.1, 0.15) is 0 Å². The summed E-state index contributed by atoms with van der Waals surface area (Å²) in [5, 5.41) is 11.2. The molecule has 3 heteroatoms. The van der Waals surface area contributed by atoms with Gasteiger partial charge in [0.1, 0.15) is 0 Å². The van der Waals surface area contributed by atoms with E-state index in [2.05, 4.69) is 0 Å². The zero-order chi connectivity index (χ0) is 7.14. The zero-order valence-electron chi connectivity index (χ0n) is 5.53. The molecule has 2 aromatic heterocycles. The van der Waals surface area contributed by atoms with E-state index in [1.165, 1.54) is 0 Å². The van der Waals surface area contributed by atoms with Gasteiger partial charge in [-0.05, 0) is 11.4 Å². The van der Waals surface area contributed by atoms with E-state index in [0.29, 0.717) is 5.88 Å². The van der Waals surface area contributed by atoms with Crippen molar-refractivity contribution in [1.29, 1.82) is 0 Å². The molecule has 0 bridgehead atoms. The Morgan fingerprint density at radius 1 is 1.60 bits per heavy atom. The molecule has 0 aromatic carbocycles. The molecule has 0 aliphatic carbocycles. The second-order valence-corrected chi connectivity index (χ2v) is 3.18. The van der Waals surface area contributed by atoms with Crippen molar-refractivity contribution in [3.8, 4) is 5.88 Å². The van der Waals surface area contributed by atoms with Crippen LogP contribution in [0.4, 0.5) is 0 Å². The van der Waals surface area contributed by atoms with Crippen LogP contribution in [0.25, 0.3) is 10.2 Å². The van der Waals surface area contributed by atoms with Crippen LogP contribution >= 0.6 is 11.3 Å². The average molecular weight is 153 g/mol. The molecule has 1 N–H and O–H groups in total. The van der Waals surface area contributed by atoms with Crippen LogP contribution in [0.3, 0.4) is 0 Å². The maximum absolute atomic E-state index is 9.20. The monoisotopic (exact) mass is 153 g/mol. The smallest absolute Gasteiger partial charge is 0.192 e. The van der Waals surface area contributed by atoms with Crippen LogP contribution in [0, 0.1) is 0 Å². The number of fused-ring (bicyclic) bond motifs is 1. The van der Waals surface area contributed by atoms with Gasteiger partial charge in [-0.15, -0.1) is 11.3 Å². The number of rotatable bonds is 0. The molecule has 0 amide bonds. The molecular formula is C7H7NOS. The van der Waals surface area contributed by atoms with E-state index in [1.807, 2.05) is 18.5 Å². The highest BCUT2D eigenvalue weighted by Crippen LogP contribution is 2.27. The number of nitrogens with zero attached hydrogens (tertiary/aromatic N) is 1. The fourth-order valence-corrected chi connectivity index (χ4v) is 1.88. The Morgan fingerprint density at radius 3 is 3.10 bits per heavy atom. The molecule has 0 atom stereocenters. The molecule has 0 unspecified atom stereocenters. The summed E-state index contributed by atoms with van der Waals surface area (Å²) in [5.74, 6) is 0.335. The molecule has 2 heterocycles. The van der Waals surface area contributed by atoms with Gasteiger partial charge in [-0.3, -0.25) is 0 Å². The predicted octanol–water partition coefficient (Wildman–Crippen LogP) is 1.95. The quantitative estimate of drug-likeness (QED) is 0.614. The molecule has 2 nitrogen and oxygen atoms in total. The molecule has 0 saturated heterocycles. The average Bonchev–Trinajstić information content (AvgIpc) is 2.41. The Bertz CT molecular complexity index is 360. The maximum atomic E-state index is 9.20. The van der Waals surface area contributed by atoms with Crippen LogP contribution in [0.2, 0.25) is 0 Å². The van der Waals surface area contributed by atoms with Crippen molar-refractivity contribution in [2.24, 2.45) is 7.05 Å². The first kappa shape index (κ1) is 5.80. The fraction of sp³-hybridized carbons (Fsp3) is 0.143. The number of aromatic hydroxyl groups is 1. The Kier molecular flexibility index (Phi) is 1.02. The normalized spacial score (nSPS) is 10.9. The van der Waals surface area contributed by atoms with Gasteiger partial charge in [0, 0.05) is 13.1 Å². The lowest BCUT2D eigenvalue weighted by Crippen LogP contribution is -1.82. The third-order valence-corrected chi connectivity index (χ3v) is 2.49. The SMILES string of the molecule is Cn1c(O)cc2sccc21. The summed E-state index contributed by atoms with van der Waals surface area (Å²) < 4.78 is 2.91. The molecule has 52 valence electrons. The van der Waals surface area contributed by atoms with Crippen molar-refractivity contribution < 1.29 is 5.11 Å². The van der Waals surface area contributed by atoms with Crippen molar-refractivity contribution in [2.45, 2.75) is 0 Å². The summed E-state index contributed by atoms with van der Waals surface area (Å²) in [4.78, 5) is 0. The number of thiophene rings is 1. The first-order valence-corrected chi connectivity index (χ1v) is 3.89. The molecule has 0 fully saturated rings. The second kappa shape index (κ2) is 1.76. The standard InChI is InChI=1S/C7H7NOS/c1-8-5-2-3-10-6(5)4-7(8)9/h2-4,9H,1H3. The van der Waals surface area contributed by atoms with Crippen molar-refractivity contribution in [1.82, 2.24) is 4.57 Å². The van der Waals surface area contributed by atoms with E-state index < -0.39 is 0 Å². The molecule has 0 saturated carbocycles. The molecule has 10 heavy (non-hydrogen) atoms. The van der Waals surface area contributed by atoms with Gasteiger partial charge in [0.2, 0.25) is 0 Å². The highest BCUT2D eigenvalue weighted by Gasteiger charge is 2.02. The molecule has 2 rings (SSSR count). The molecular weight excluding hydrogens is 146 g/mol. The van der Waals surface area contributed by atoms with Crippen molar-refractivity contribution >= 4 is 21.6 Å². The van der Waals surface area contributed by atoms with Crippen molar-refractivity contribution in [3.63, 3.8) is 0 Å². The minimum Gasteiger partial charge on any atom is -0.494 e. The lowest BCUT2D eigenvalue weighted by molar-refractivity contribution is 0.435. The zero-order valence-corrected chi connectivity index (χ0v) is 6.35. The van der Waals surface area contributed by atoms with Gasteiger partial charge in [-0.2, -0.15) is 0 Å². The Labute approximate surface area is 62.3 Å². The van der Waals surface area contributed by atoms with Crippen LogP contribution < -0.4 is 0 Å². The van der Waals surface area contributed by atoms with Gasteiger partial charge in [0.05, 0.1) is 10.2 Å². The van der Waals surface area contributed by atoms with Crippen LogP contribution in [0.5, 0.6) is 5.88 Å². The van der Waals surface area contributed by atoms with E-state index in [9.17, 15) is 5.11 Å². The lowest BCUT2D eigenvalue weighted by atomic mass is 10.5. The molecule has 2 aromatic rings. The van der Waals surface area contributed by atoms with Crippen LogP contribution in [0.15, 0.2) is 17.5 Å². The Hall–Kier alpha value is -0.960. The van der Waals surface area contributed by atoms with Gasteiger partial charge in [0.25, 0.3) is 0 Å². The van der Waals surface area contributed by atoms with E-state index >= 15 is 0 Å². The van der Waals surface area contributed by atoms with E-state index in [1.54, 1.807) is 22.0 Å². The summed E-state index contributed by atoms with van der Waals surface area (Å²) in [5.41, 5.74) is 1.10. The van der Waals surface area contributed by atoms with Crippen molar-refractivity contribution in [3.05, 3.63) is 17.5 Å². The van der Waals surface area contributed by atoms with Gasteiger partial charge in [0.15, 0.2) is 5.88 Å². The summed E-state index contributed by atoms with van der Waals surface area (Å²) >= 11 is 1.64. The first-order chi connectivity index (χ1) is 4.79. The fourth-order valence-electron chi connectivity index (χ4n) is 1.04. The number of aromatic nitrogens is 1. The van der Waals surface area contributed by atoms with Gasteiger partial charge < -0.3 is 9.67 Å². The third-order valence-electron chi connectivity index (χ3n) is 1.64. The predicted molar refractivity (Wildman–Crippen MR) is 42.5 cm³/mol. The van der Waals surface area contributed by atoms with Crippen molar-refractivity contribution in [2.75, 3.05) is 0 Å². The largest absolute Gasteiger partial charge is 0.494 e. The van der Waals surface area contributed by atoms with Gasteiger partial charge >= 0.3 is 0 Å². The van der Waals surface area contributed by atoms with Crippen LogP contribution in [-0.2, 0) is 7.05 Å². The minimum atomic E-state index is 0.335. The molecule has 0 aliphatic rings. The maximum Gasteiger partial charge on any atom is 0.192 e. The van der Waals surface area contributed by atoms with Gasteiger partial charge in [-0.25, -0.2) is 0 Å². The second-order valence-electron chi connectivity index (χ2n) is 2.23. The minimum absolute atomic E-state index is 0.335. The third kappa shape index (κ3) is 0.580. The van der Waals surface area contributed by atoms with Gasteiger partial charge in [-0.1, -0.05) is 0 Å². The summed E-state index contributed by atoms with van der Waals surface area (Å²) in [7, 11) is 1.85. The topological polar surface area (TPSA) is 25.2 Å². The summed E-state index contributed by atoms with van der Waals surface area (Å²) in [6.45, 7) is 0. The lowest BCUT2D eigenvalue weighted by Gasteiger charge is -1.92. The molecule has 0 radical (unpaired) electrons. The molecule has 0 spiro atoms. The summed E-state index contributed by atoms with van der Waals surface area (Å²) in [6, 6.07) is 3.78. The number of hydrogen-bond donors (Lipinski definition) is 1. The number of aryl methyl sites for hydroxylation is 1. The Balaban J connectivity index is 2.95. The van der Waals surface area contributed by atoms with Crippen LogP contribution in [-0.4, -0.2) is 9.67 Å². The highest BCUT2D eigenvalue weighted by atomic mass is 32.1. The number of hydrogen-bond acceptors (Lipinski definition) is 2. The van der Waals surface area contributed by atoms with E-state index in [-0.39, 0.29) is 0 Å².